The van der Waals surface area contributed by atoms with Crippen molar-refractivity contribution in [1.82, 2.24) is 9.97 Å². The van der Waals surface area contributed by atoms with Crippen LogP contribution in [0.15, 0.2) is 41.6 Å². The number of hydrogen-bond acceptors (Lipinski definition) is 2. The summed E-state index contributed by atoms with van der Waals surface area (Å²) in [7, 11) is 0. The molecule has 3 rings (SSSR count). The molecular weight excluding hydrogens is 216 g/mol. The smallest absolute Gasteiger partial charge is 0.0967 e. The van der Waals surface area contributed by atoms with E-state index in [1.807, 2.05) is 12.3 Å². The van der Waals surface area contributed by atoms with Crippen molar-refractivity contribution in [3.63, 3.8) is 0 Å². The molecule has 0 saturated heterocycles. The third-order valence-corrected chi connectivity index (χ3v) is 3.47. The minimum absolute atomic E-state index is 1.06. The molecule has 0 aliphatic rings. The Bertz CT molecular complexity index is 643. The number of nitrogens with one attached hydrogen (secondary N) is 1. The van der Waals surface area contributed by atoms with Crippen LogP contribution in [0.4, 0.5) is 0 Å². The summed E-state index contributed by atoms with van der Waals surface area (Å²) < 4.78 is 0. The molecule has 0 saturated carbocycles. The van der Waals surface area contributed by atoms with E-state index in [1.54, 1.807) is 11.8 Å². The average Bonchev–Trinajstić information content (AvgIpc) is 2.68. The Kier molecular flexibility index (Phi) is 2.33. The molecule has 0 fully saturated rings. The fraction of sp³-hybridized carbons (Fsp3) is 0.154. The van der Waals surface area contributed by atoms with Gasteiger partial charge in [0.25, 0.3) is 0 Å². The lowest BCUT2D eigenvalue weighted by molar-refractivity contribution is 1.15. The Balaban J connectivity index is 2.31. The number of aromatic nitrogens is 2. The van der Waals surface area contributed by atoms with Crippen LogP contribution in [-0.4, -0.2) is 15.7 Å². The monoisotopic (exact) mass is 228 g/mol. The van der Waals surface area contributed by atoms with Gasteiger partial charge in [-0.25, -0.2) is 4.98 Å². The maximum atomic E-state index is 4.42. The van der Waals surface area contributed by atoms with Crippen LogP contribution in [0.3, 0.4) is 0 Å². The van der Waals surface area contributed by atoms with Gasteiger partial charge in [-0.2, -0.15) is 0 Å². The summed E-state index contributed by atoms with van der Waals surface area (Å²) in [6, 6.07) is 10.5. The number of fused-ring (bicyclic) bond motifs is 3. The zero-order valence-electron chi connectivity index (χ0n) is 9.03. The van der Waals surface area contributed by atoms with Crippen molar-refractivity contribution in [1.29, 1.82) is 0 Å². The summed E-state index contributed by atoms with van der Waals surface area (Å²) in [5.41, 5.74) is 2.29. The highest BCUT2D eigenvalue weighted by molar-refractivity contribution is 7.99. The Labute approximate surface area is 98.1 Å². The second kappa shape index (κ2) is 3.83. The molecule has 0 amide bonds. The fourth-order valence-corrected chi connectivity index (χ4v) is 2.58. The largest absolute Gasteiger partial charge is 0.353 e. The van der Waals surface area contributed by atoms with Crippen molar-refractivity contribution in [2.75, 3.05) is 5.75 Å². The lowest BCUT2D eigenvalue weighted by Gasteiger charge is -1.97. The lowest BCUT2D eigenvalue weighted by atomic mass is 10.2. The van der Waals surface area contributed by atoms with Gasteiger partial charge in [-0.3, -0.25) is 0 Å². The Morgan fingerprint density at radius 2 is 2.06 bits per heavy atom. The van der Waals surface area contributed by atoms with Crippen molar-refractivity contribution in [2.45, 2.75) is 11.9 Å². The van der Waals surface area contributed by atoms with Gasteiger partial charge in [0, 0.05) is 16.3 Å². The summed E-state index contributed by atoms with van der Waals surface area (Å²) in [4.78, 5) is 7.80. The number of rotatable bonds is 2. The van der Waals surface area contributed by atoms with Crippen LogP contribution in [0, 0.1) is 0 Å². The van der Waals surface area contributed by atoms with Crippen molar-refractivity contribution in [2.24, 2.45) is 0 Å². The van der Waals surface area contributed by atoms with E-state index in [2.05, 4.69) is 41.2 Å². The molecule has 3 aromatic rings. The Hall–Kier alpha value is -1.48. The van der Waals surface area contributed by atoms with Crippen LogP contribution in [0.25, 0.3) is 21.8 Å². The molecule has 0 atom stereocenters. The number of pyridine rings is 1. The SMILES string of the molecule is CCSc1cc2c(cn1)[nH]c1ccccc12. The van der Waals surface area contributed by atoms with E-state index in [1.165, 1.54) is 16.3 Å². The number of para-hydroxylation sites is 1. The van der Waals surface area contributed by atoms with E-state index in [4.69, 9.17) is 0 Å². The fourth-order valence-electron chi connectivity index (χ4n) is 1.96. The first-order valence-electron chi connectivity index (χ1n) is 5.38. The minimum atomic E-state index is 1.06. The highest BCUT2D eigenvalue weighted by atomic mass is 32.2. The standard InChI is InChI=1S/C13H12N2S/c1-2-16-13-7-10-9-5-3-4-6-11(9)15-12(10)8-14-13/h3-8,15H,2H2,1H3. The van der Waals surface area contributed by atoms with Crippen LogP contribution in [0.5, 0.6) is 0 Å². The van der Waals surface area contributed by atoms with Crippen LogP contribution in [0.1, 0.15) is 6.92 Å². The number of aromatic amines is 1. The van der Waals surface area contributed by atoms with E-state index in [9.17, 15) is 0 Å². The molecular formula is C13H12N2S. The van der Waals surface area contributed by atoms with E-state index in [0.717, 1.165) is 16.3 Å². The lowest BCUT2D eigenvalue weighted by Crippen LogP contribution is -1.79. The van der Waals surface area contributed by atoms with Crippen LogP contribution in [-0.2, 0) is 0 Å². The minimum Gasteiger partial charge on any atom is -0.353 e. The summed E-state index contributed by atoms with van der Waals surface area (Å²) in [5, 5.41) is 3.64. The molecule has 2 heterocycles. The predicted octanol–water partition coefficient (Wildman–Crippen LogP) is 3.83. The molecule has 0 aliphatic carbocycles. The maximum absolute atomic E-state index is 4.42. The van der Waals surface area contributed by atoms with Gasteiger partial charge in [0.05, 0.1) is 16.7 Å². The van der Waals surface area contributed by atoms with Gasteiger partial charge in [-0.05, 0) is 17.9 Å². The number of thioether (sulfide) groups is 1. The van der Waals surface area contributed by atoms with Gasteiger partial charge in [-0.1, -0.05) is 25.1 Å². The number of H-pyrrole nitrogens is 1. The summed E-state index contributed by atoms with van der Waals surface area (Å²) >= 11 is 1.78. The Morgan fingerprint density at radius 1 is 1.19 bits per heavy atom. The molecule has 1 N–H and O–H groups in total. The summed E-state index contributed by atoms with van der Waals surface area (Å²) in [6.07, 6.45) is 1.92. The van der Waals surface area contributed by atoms with Crippen molar-refractivity contribution in [3.8, 4) is 0 Å². The molecule has 0 unspecified atom stereocenters. The van der Waals surface area contributed by atoms with Gasteiger partial charge < -0.3 is 4.98 Å². The van der Waals surface area contributed by atoms with Gasteiger partial charge in [0.1, 0.15) is 0 Å². The second-order valence-electron chi connectivity index (χ2n) is 3.67. The van der Waals surface area contributed by atoms with Gasteiger partial charge >= 0.3 is 0 Å². The average molecular weight is 228 g/mol. The van der Waals surface area contributed by atoms with Crippen molar-refractivity contribution in [3.05, 3.63) is 36.5 Å². The van der Waals surface area contributed by atoms with E-state index < -0.39 is 0 Å². The van der Waals surface area contributed by atoms with Crippen molar-refractivity contribution < 1.29 is 0 Å². The molecule has 0 spiro atoms. The molecule has 80 valence electrons. The quantitative estimate of drug-likeness (QED) is 0.675. The van der Waals surface area contributed by atoms with Crippen LogP contribution < -0.4 is 0 Å². The second-order valence-corrected chi connectivity index (χ2v) is 4.96. The molecule has 2 aromatic heterocycles. The highest BCUT2D eigenvalue weighted by Crippen LogP contribution is 2.27. The van der Waals surface area contributed by atoms with Gasteiger partial charge in [0.15, 0.2) is 0 Å². The Morgan fingerprint density at radius 3 is 2.94 bits per heavy atom. The molecule has 16 heavy (non-hydrogen) atoms. The molecule has 0 radical (unpaired) electrons. The zero-order chi connectivity index (χ0) is 11.0. The van der Waals surface area contributed by atoms with Gasteiger partial charge in [-0.15, -0.1) is 11.8 Å². The third kappa shape index (κ3) is 1.48. The number of nitrogens with zero attached hydrogens (tertiary/aromatic N) is 1. The first kappa shape index (κ1) is 9.73. The topological polar surface area (TPSA) is 28.7 Å². The number of hydrogen-bond donors (Lipinski definition) is 1. The zero-order valence-corrected chi connectivity index (χ0v) is 9.84. The highest BCUT2D eigenvalue weighted by Gasteiger charge is 2.04. The normalized spacial score (nSPS) is 11.3. The summed E-state index contributed by atoms with van der Waals surface area (Å²) in [5.74, 6) is 1.06. The van der Waals surface area contributed by atoms with E-state index in [-0.39, 0.29) is 0 Å². The van der Waals surface area contributed by atoms with Crippen molar-refractivity contribution >= 4 is 33.6 Å². The molecule has 3 heteroatoms. The molecule has 2 nitrogen and oxygen atoms in total. The van der Waals surface area contributed by atoms with Crippen LogP contribution >= 0.6 is 11.8 Å². The predicted molar refractivity (Wildman–Crippen MR) is 70.0 cm³/mol. The summed E-state index contributed by atoms with van der Waals surface area (Å²) in [6.45, 7) is 2.14. The first-order valence-corrected chi connectivity index (χ1v) is 6.36. The molecule has 0 bridgehead atoms. The molecule has 0 aliphatic heterocycles. The first-order chi connectivity index (χ1) is 7.88. The maximum Gasteiger partial charge on any atom is 0.0967 e. The van der Waals surface area contributed by atoms with Gasteiger partial charge in [0.2, 0.25) is 0 Å². The molecule has 1 aromatic carbocycles. The number of benzene rings is 1. The third-order valence-electron chi connectivity index (χ3n) is 2.66. The van der Waals surface area contributed by atoms with E-state index >= 15 is 0 Å². The van der Waals surface area contributed by atoms with E-state index in [0.29, 0.717) is 0 Å². The van der Waals surface area contributed by atoms with Crippen LogP contribution in [0.2, 0.25) is 0 Å².